The number of ether oxygens (including phenoxy) is 1. The molecule has 1 aliphatic heterocycles. The van der Waals surface area contributed by atoms with Crippen molar-refractivity contribution >= 4 is 17.6 Å². The normalized spacial score (nSPS) is 14.2. The van der Waals surface area contributed by atoms with Crippen LogP contribution in [-0.2, 0) is 16.0 Å². The Labute approximate surface area is 134 Å². The third kappa shape index (κ3) is 3.04. The first-order valence-corrected chi connectivity index (χ1v) is 7.45. The molecule has 1 N–H and O–H groups in total. The van der Waals surface area contributed by atoms with Gasteiger partial charge in [0.1, 0.15) is 5.75 Å². The Morgan fingerprint density at radius 3 is 2.57 bits per heavy atom. The number of hydrogen-bond acceptors (Lipinski definition) is 4. The number of nitrogens with zero attached hydrogens (tertiary/aromatic N) is 1. The molecule has 23 heavy (non-hydrogen) atoms. The monoisotopic (exact) mass is 311 g/mol. The van der Waals surface area contributed by atoms with Gasteiger partial charge in [0.25, 0.3) is 5.91 Å². The topological polar surface area (TPSA) is 66.8 Å². The zero-order valence-corrected chi connectivity index (χ0v) is 12.7. The van der Waals surface area contributed by atoms with Gasteiger partial charge < -0.3 is 14.7 Å². The average molecular weight is 311 g/mol. The Morgan fingerprint density at radius 2 is 1.83 bits per heavy atom. The quantitative estimate of drug-likeness (QED) is 0.885. The molecular weight excluding hydrogens is 294 g/mol. The van der Waals surface area contributed by atoms with Crippen LogP contribution in [0.15, 0.2) is 48.5 Å². The predicted octanol–water partition coefficient (Wildman–Crippen LogP) is 2.53. The van der Waals surface area contributed by atoms with E-state index in [1.807, 2.05) is 24.3 Å². The Morgan fingerprint density at radius 1 is 1.13 bits per heavy atom. The van der Waals surface area contributed by atoms with Crippen LogP contribution in [0.1, 0.15) is 22.8 Å². The van der Waals surface area contributed by atoms with E-state index in [-0.39, 0.29) is 11.7 Å². The predicted molar refractivity (Wildman–Crippen MR) is 85.5 cm³/mol. The summed E-state index contributed by atoms with van der Waals surface area (Å²) in [6, 6.07) is 13.4. The molecule has 0 saturated carbocycles. The number of esters is 1. The number of para-hydroxylation sites is 1. The summed E-state index contributed by atoms with van der Waals surface area (Å²) in [6.07, 6.45) is -0.0666. The van der Waals surface area contributed by atoms with Crippen molar-refractivity contribution in [1.29, 1.82) is 0 Å². The van der Waals surface area contributed by atoms with E-state index in [1.165, 1.54) is 24.3 Å². The van der Waals surface area contributed by atoms with E-state index in [0.29, 0.717) is 12.1 Å². The molecule has 0 saturated heterocycles. The molecule has 0 spiro atoms. The molecule has 118 valence electrons. The summed E-state index contributed by atoms with van der Waals surface area (Å²) in [5, 5.41) is 9.23. The van der Waals surface area contributed by atoms with Crippen molar-refractivity contribution in [2.24, 2.45) is 0 Å². The van der Waals surface area contributed by atoms with Gasteiger partial charge in [0.15, 0.2) is 6.10 Å². The van der Waals surface area contributed by atoms with E-state index in [4.69, 9.17) is 4.74 Å². The van der Waals surface area contributed by atoms with Crippen LogP contribution >= 0.6 is 0 Å². The van der Waals surface area contributed by atoms with Gasteiger partial charge in [0, 0.05) is 12.2 Å². The summed E-state index contributed by atoms with van der Waals surface area (Å²) in [7, 11) is 0. The number of anilines is 1. The number of amides is 1. The Balaban J connectivity index is 1.69. The van der Waals surface area contributed by atoms with Gasteiger partial charge in [-0.1, -0.05) is 18.2 Å². The molecular formula is C18H17NO4. The van der Waals surface area contributed by atoms with Gasteiger partial charge in [0.2, 0.25) is 0 Å². The summed E-state index contributed by atoms with van der Waals surface area (Å²) in [4.78, 5) is 26.3. The van der Waals surface area contributed by atoms with Crippen molar-refractivity contribution in [3.63, 3.8) is 0 Å². The smallest absolute Gasteiger partial charge is 0.338 e. The molecule has 0 radical (unpaired) electrons. The lowest BCUT2D eigenvalue weighted by Gasteiger charge is -2.21. The van der Waals surface area contributed by atoms with Crippen molar-refractivity contribution < 1.29 is 19.4 Å². The first-order valence-electron chi connectivity index (χ1n) is 7.45. The molecule has 1 unspecified atom stereocenters. The maximum atomic E-state index is 12.5. The number of carbonyl (C=O) groups excluding carboxylic acids is 2. The van der Waals surface area contributed by atoms with Gasteiger partial charge >= 0.3 is 5.97 Å². The molecule has 2 aromatic rings. The van der Waals surface area contributed by atoms with Gasteiger partial charge in [-0.15, -0.1) is 0 Å². The van der Waals surface area contributed by atoms with Crippen LogP contribution < -0.4 is 4.90 Å². The Bertz CT molecular complexity index is 739. The first-order chi connectivity index (χ1) is 11.1. The number of rotatable bonds is 3. The van der Waals surface area contributed by atoms with Crippen LogP contribution in [0.25, 0.3) is 0 Å². The standard InChI is InChI=1S/C18H17NO4/c1-12(23-18(22)14-6-8-15(20)9-7-14)17(21)19-11-10-13-4-2-3-5-16(13)19/h2-9,12,20H,10-11H2,1H3. The molecule has 1 amide bonds. The maximum absolute atomic E-state index is 12.5. The lowest BCUT2D eigenvalue weighted by molar-refractivity contribution is -0.126. The fraction of sp³-hybridized carbons (Fsp3) is 0.222. The molecule has 1 aliphatic rings. The van der Waals surface area contributed by atoms with Crippen LogP contribution in [-0.4, -0.2) is 29.6 Å². The van der Waals surface area contributed by atoms with E-state index < -0.39 is 12.1 Å². The van der Waals surface area contributed by atoms with Crippen molar-refractivity contribution in [2.75, 3.05) is 11.4 Å². The summed E-state index contributed by atoms with van der Waals surface area (Å²) in [5.41, 5.74) is 2.30. The van der Waals surface area contributed by atoms with Crippen LogP contribution in [0.4, 0.5) is 5.69 Å². The molecule has 0 aliphatic carbocycles. The second-order valence-corrected chi connectivity index (χ2v) is 5.46. The molecule has 5 heteroatoms. The highest BCUT2D eigenvalue weighted by Gasteiger charge is 2.29. The lowest BCUT2D eigenvalue weighted by Crippen LogP contribution is -2.39. The molecule has 0 aromatic heterocycles. The number of phenols is 1. The van der Waals surface area contributed by atoms with Crippen LogP contribution in [0.3, 0.4) is 0 Å². The van der Waals surface area contributed by atoms with Gasteiger partial charge in [-0.3, -0.25) is 4.79 Å². The third-order valence-electron chi connectivity index (χ3n) is 3.89. The number of fused-ring (bicyclic) bond motifs is 1. The van der Waals surface area contributed by atoms with E-state index in [0.717, 1.165) is 17.7 Å². The zero-order chi connectivity index (χ0) is 16.4. The molecule has 1 heterocycles. The van der Waals surface area contributed by atoms with Gasteiger partial charge in [-0.25, -0.2) is 4.79 Å². The maximum Gasteiger partial charge on any atom is 0.338 e. The van der Waals surface area contributed by atoms with Gasteiger partial charge in [-0.05, 0) is 49.2 Å². The lowest BCUT2D eigenvalue weighted by atomic mass is 10.2. The second-order valence-electron chi connectivity index (χ2n) is 5.46. The largest absolute Gasteiger partial charge is 0.508 e. The molecule has 5 nitrogen and oxygen atoms in total. The van der Waals surface area contributed by atoms with Crippen molar-refractivity contribution in [2.45, 2.75) is 19.4 Å². The highest BCUT2D eigenvalue weighted by atomic mass is 16.5. The van der Waals surface area contributed by atoms with Crippen LogP contribution in [0.5, 0.6) is 5.75 Å². The number of carbonyl (C=O) groups is 2. The van der Waals surface area contributed by atoms with Crippen LogP contribution in [0.2, 0.25) is 0 Å². The first kappa shape index (κ1) is 15.1. The van der Waals surface area contributed by atoms with Crippen molar-refractivity contribution in [3.05, 3.63) is 59.7 Å². The van der Waals surface area contributed by atoms with Crippen LogP contribution in [0, 0.1) is 0 Å². The average Bonchev–Trinajstić information content (AvgIpc) is 2.98. The number of benzene rings is 2. The Kier molecular flexibility index (Phi) is 4.02. The summed E-state index contributed by atoms with van der Waals surface area (Å²) in [5.74, 6) is -0.750. The molecule has 0 bridgehead atoms. The van der Waals surface area contributed by atoms with Crippen molar-refractivity contribution in [3.8, 4) is 5.75 Å². The van der Waals surface area contributed by atoms with E-state index in [1.54, 1.807) is 11.8 Å². The number of aromatic hydroxyl groups is 1. The third-order valence-corrected chi connectivity index (χ3v) is 3.89. The van der Waals surface area contributed by atoms with E-state index >= 15 is 0 Å². The fourth-order valence-electron chi connectivity index (χ4n) is 2.66. The molecule has 2 aromatic carbocycles. The molecule has 0 fully saturated rings. The minimum absolute atomic E-state index is 0.0688. The summed E-state index contributed by atoms with van der Waals surface area (Å²) >= 11 is 0. The SMILES string of the molecule is CC(OC(=O)c1ccc(O)cc1)C(=O)N1CCc2ccccc21. The molecule has 1 atom stereocenters. The fourth-order valence-corrected chi connectivity index (χ4v) is 2.66. The molecule has 3 rings (SSSR count). The minimum Gasteiger partial charge on any atom is -0.508 e. The van der Waals surface area contributed by atoms with E-state index in [9.17, 15) is 14.7 Å². The van der Waals surface area contributed by atoms with E-state index in [2.05, 4.69) is 0 Å². The van der Waals surface area contributed by atoms with Gasteiger partial charge in [-0.2, -0.15) is 0 Å². The van der Waals surface area contributed by atoms with Gasteiger partial charge in [0.05, 0.1) is 5.56 Å². The number of phenolic OH excluding ortho intramolecular Hbond substituents is 1. The highest BCUT2D eigenvalue weighted by Crippen LogP contribution is 2.28. The second kappa shape index (κ2) is 6.12. The highest BCUT2D eigenvalue weighted by molar-refractivity contribution is 6.00. The summed E-state index contributed by atoms with van der Waals surface area (Å²) < 4.78 is 5.25. The Hall–Kier alpha value is -2.82. The minimum atomic E-state index is -0.873. The zero-order valence-electron chi connectivity index (χ0n) is 12.7. The van der Waals surface area contributed by atoms with Crippen molar-refractivity contribution in [1.82, 2.24) is 0 Å². The summed E-state index contributed by atoms with van der Waals surface area (Å²) in [6.45, 7) is 2.17. The number of hydrogen-bond donors (Lipinski definition) is 1.